The number of hydrogen-bond donors (Lipinski definition) is 2. The van der Waals surface area contributed by atoms with Gasteiger partial charge in [-0.1, -0.05) is 12.1 Å². The molecule has 178 valence electrons. The van der Waals surface area contributed by atoms with Crippen LogP contribution in [0.15, 0.2) is 48.5 Å². The van der Waals surface area contributed by atoms with Crippen molar-refractivity contribution in [2.75, 3.05) is 45.8 Å². The predicted octanol–water partition coefficient (Wildman–Crippen LogP) is 3.66. The molecule has 1 spiro atoms. The van der Waals surface area contributed by atoms with Crippen molar-refractivity contribution < 1.29 is 9.53 Å². The van der Waals surface area contributed by atoms with Gasteiger partial charge in [-0.3, -0.25) is 9.69 Å². The van der Waals surface area contributed by atoms with Crippen molar-refractivity contribution in [2.24, 2.45) is 0 Å². The lowest BCUT2D eigenvalue weighted by Gasteiger charge is -2.50. The monoisotopic (exact) mass is 470 g/mol. The lowest BCUT2D eigenvalue weighted by Crippen LogP contribution is -2.64. The van der Waals surface area contributed by atoms with Crippen LogP contribution in [-0.4, -0.2) is 67.1 Å². The first-order chi connectivity index (χ1) is 15.7. The zero-order chi connectivity index (χ0) is 21.8. The van der Waals surface area contributed by atoms with Crippen LogP contribution < -0.4 is 15.4 Å². The highest BCUT2D eigenvalue weighted by Gasteiger charge is 2.39. The molecule has 3 heterocycles. The molecule has 5 rings (SSSR count). The molecule has 3 fully saturated rings. The molecule has 2 aromatic carbocycles. The summed E-state index contributed by atoms with van der Waals surface area (Å²) in [6, 6.07) is 16.0. The zero-order valence-electron chi connectivity index (χ0n) is 19.2. The van der Waals surface area contributed by atoms with Gasteiger partial charge in [-0.05, 0) is 80.7 Å². The Morgan fingerprint density at radius 3 is 2.15 bits per heavy atom. The lowest BCUT2D eigenvalue weighted by atomic mass is 9.84. The average Bonchev–Trinajstić information content (AvgIpc) is 3.38. The Kier molecular flexibility index (Phi) is 7.91. The zero-order valence-corrected chi connectivity index (χ0v) is 20.0. The molecule has 0 unspecified atom stereocenters. The largest absolute Gasteiger partial charge is 0.457 e. The van der Waals surface area contributed by atoms with Crippen LogP contribution in [0.3, 0.4) is 0 Å². The molecule has 7 heteroatoms. The van der Waals surface area contributed by atoms with Crippen molar-refractivity contribution in [1.82, 2.24) is 20.4 Å². The maximum Gasteiger partial charge on any atom is 0.253 e. The second-order valence-electron chi connectivity index (χ2n) is 9.34. The van der Waals surface area contributed by atoms with Crippen molar-refractivity contribution in [2.45, 2.75) is 37.8 Å². The van der Waals surface area contributed by atoms with E-state index in [1.165, 1.54) is 18.4 Å². The van der Waals surface area contributed by atoms with Gasteiger partial charge in [-0.25, -0.2) is 0 Å². The van der Waals surface area contributed by atoms with Crippen molar-refractivity contribution in [3.05, 3.63) is 59.7 Å². The van der Waals surface area contributed by atoms with Crippen LogP contribution in [0.5, 0.6) is 11.5 Å². The number of benzene rings is 2. The average molecular weight is 471 g/mol. The predicted molar refractivity (Wildman–Crippen MR) is 133 cm³/mol. The summed E-state index contributed by atoms with van der Waals surface area (Å²) >= 11 is 0. The summed E-state index contributed by atoms with van der Waals surface area (Å²) in [6.07, 6.45) is 4.63. The van der Waals surface area contributed by atoms with Gasteiger partial charge in [0.15, 0.2) is 0 Å². The van der Waals surface area contributed by atoms with Crippen molar-refractivity contribution in [1.29, 1.82) is 0 Å². The van der Waals surface area contributed by atoms with E-state index in [4.69, 9.17) is 4.74 Å². The Balaban J connectivity index is 0.00000259. The van der Waals surface area contributed by atoms with E-state index in [0.29, 0.717) is 0 Å². The number of halogens is 1. The van der Waals surface area contributed by atoms with Crippen LogP contribution in [-0.2, 0) is 6.54 Å². The Morgan fingerprint density at radius 1 is 0.848 bits per heavy atom. The summed E-state index contributed by atoms with van der Waals surface area (Å²) in [4.78, 5) is 17.1. The van der Waals surface area contributed by atoms with Gasteiger partial charge >= 0.3 is 0 Å². The first-order valence-electron chi connectivity index (χ1n) is 12.0. The number of amides is 1. The van der Waals surface area contributed by atoms with Crippen molar-refractivity contribution >= 4 is 18.3 Å². The van der Waals surface area contributed by atoms with Gasteiger partial charge in [0.2, 0.25) is 0 Å². The molecular formula is C26H35ClN4O2. The lowest BCUT2D eigenvalue weighted by molar-refractivity contribution is 0.0263. The van der Waals surface area contributed by atoms with Gasteiger partial charge in [-0.15, -0.1) is 12.4 Å². The molecule has 3 saturated heterocycles. The van der Waals surface area contributed by atoms with Gasteiger partial charge < -0.3 is 20.3 Å². The third-order valence-electron chi connectivity index (χ3n) is 7.24. The second kappa shape index (κ2) is 10.9. The smallest absolute Gasteiger partial charge is 0.253 e. The number of carbonyl (C=O) groups is 1. The molecule has 3 aliphatic rings. The molecule has 0 aromatic heterocycles. The van der Waals surface area contributed by atoms with Gasteiger partial charge in [0.05, 0.1) is 0 Å². The highest BCUT2D eigenvalue weighted by Crippen LogP contribution is 2.30. The number of nitrogens with zero attached hydrogens (tertiary/aromatic N) is 2. The van der Waals surface area contributed by atoms with Crippen molar-refractivity contribution in [3.8, 4) is 11.5 Å². The Morgan fingerprint density at radius 2 is 1.48 bits per heavy atom. The minimum atomic E-state index is 0. The fourth-order valence-corrected chi connectivity index (χ4v) is 5.30. The maximum atomic E-state index is 12.5. The first kappa shape index (κ1) is 24.0. The molecule has 1 amide bonds. The van der Waals surface area contributed by atoms with E-state index in [9.17, 15) is 4.79 Å². The van der Waals surface area contributed by atoms with E-state index in [0.717, 1.165) is 82.3 Å². The summed E-state index contributed by atoms with van der Waals surface area (Å²) in [5.41, 5.74) is 2.34. The number of ether oxygens (including phenoxy) is 1. The third kappa shape index (κ3) is 5.52. The van der Waals surface area contributed by atoms with Crippen LogP contribution in [0.4, 0.5) is 0 Å². The summed E-state index contributed by atoms with van der Waals surface area (Å²) in [6.45, 7) is 8.18. The van der Waals surface area contributed by atoms with E-state index in [1.54, 1.807) is 0 Å². The summed E-state index contributed by atoms with van der Waals surface area (Å²) in [7, 11) is 0. The van der Waals surface area contributed by atoms with E-state index < -0.39 is 0 Å². The Bertz CT molecular complexity index is 899. The molecule has 0 radical (unpaired) electrons. The van der Waals surface area contributed by atoms with E-state index in [1.807, 2.05) is 29.2 Å². The van der Waals surface area contributed by atoms with Gasteiger partial charge in [0.1, 0.15) is 11.5 Å². The number of rotatable bonds is 5. The molecule has 3 aliphatic heterocycles. The fourth-order valence-electron chi connectivity index (χ4n) is 5.30. The van der Waals surface area contributed by atoms with E-state index in [-0.39, 0.29) is 23.9 Å². The maximum absolute atomic E-state index is 12.5. The minimum Gasteiger partial charge on any atom is -0.457 e. The molecular weight excluding hydrogens is 436 g/mol. The summed E-state index contributed by atoms with van der Waals surface area (Å²) in [5, 5.41) is 7.11. The molecule has 33 heavy (non-hydrogen) atoms. The fraction of sp³-hybridized carbons (Fsp3) is 0.500. The molecule has 6 nitrogen and oxygen atoms in total. The molecule has 0 aliphatic carbocycles. The number of piperazine rings is 1. The van der Waals surface area contributed by atoms with Gasteiger partial charge in [0, 0.05) is 50.4 Å². The quantitative estimate of drug-likeness (QED) is 0.698. The number of hydrogen-bond acceptors (Lipinski definition) is 5. The number of nitrogens with one attached hydrogen (secondary N) is 2. The topological polar surface area (TPSA) is 56.8 Å². The van der Waals surface area contributed by atoms with E-state index >= 15 is 0 Å². The number of likely N-dealkylation sites (tertiary alicyclic amines) is 1. The molecule has 0 saturated carbocycles. The highest BCUT2D eigenvalue weighted by atomic mass is 35.5. The standard InChI is InChI=1S/C26H34N4O2.ClH/c31-25(29-16-1-2-17-29)22-5-9-24(10-6-22)32-23-7-3-21(4-8-23)19-30-18-15-28-20-26(30)11-13-27-14-12-26;/h3-10,27-28H,1-2,11-20H2;1H. The number of carbonyl (C=O) groups excluding carboxylic acids is 1. The molecule has 2 aromatic rings. The number of piperidine rings is 1. The SMILES string of the molecule is Cl.O=C(c1ccc(Oc2ccc(CN3CCNCC34CCNCC4)cc2)cc1)N1CCCC1. The Labute approximate surface area is 203 Å². The summed E-state index contributed by atoms with van der Waals surface area (Å²) in [5.74, 6) is 1.70. The normalized spacial score (nSPS) is 20.4. The summed E-state index contributed by atoms with van der Waals surface area (Å²) < 4.78 is 6.04. The highest BCUT2D eigenvalue weighted by molar-refractivity contribution is 5.94. The van der Waals surface area contributed by atoms with Crippen LogP contribution >= 0.6 is 12.4 Å². The van der Waals surface area contributed by atoms with Crippen LogP contribution in [0.25, 0.3) is 0 Å². The van der Waals surface area contributed by atoms with Crippen molar-refractivity contribution in [3.63, 3.8) is 0 Å². The van der Waals surface area contributed by atoms with Gasteiger partial charge in [-0.2, -0.15) is 0 Å². The van der Waals surface area contributed by atoms with Crippen LogP contribution in [0.1, 0.15) is 41.6 Å². The minimum absolute atomic E-state index is 0. The van der Waals surface area contributed by atoms with Gasteiger partial charge in [0.25, 0.3) is 5.91 Å². The molecule has 2 N–H and O–H groups in total. The first-order valence-corrected chi connectivity index (χ1v) is 12.0. The third-order valence-corrected chi connectivity index (χ3v) is 7.24. The second-order valence-corrected chi connectivity index (χ2v) is 9.34. The molecule has 0 atom stereocenters. The van der Waals surface area contributed by atoms with Crippen LogP contribution in [0.2, 0.25) is 0 Å². The molecule has 0 bridgehead atoms. The van der Waals surface area contributed by atoms with E-state index in [2.05, 4.69) is 39.8 Å². The Hall–Kier alpha value is -2.12. The van der Waals surface area contributed by atoms with Crippen LogP contribution in [0, 0.1) is 0 Å².